The second-order valence-electron chi connectivity index (χ2n) is 5.24. The molecule has 0 aliphatic rings. The predicted molar refractivity (Wildman–Crippen MR) is 81.0 cm³/mol. The molecule has 118 valence electrons. The van der Waals surface area contributed by atoms with E-state index in [-0.39, 0.29) is 29.7 Å². The Morgan fingerprint density at radius 2 is 1.91 bits per heavy atom. The van der Waals surface area contributed by atoms with Gasteiger partial charge in [-0.1, -0.05) is 19.0 Å². The minimum absolute atomic E-state index is 0.0127. The third kappa shape index (κ3) is 3.29. The minimum Gasteiger partial charge on any atom is -0.329 e. The average Bonchev–Trinajstić information content (AvgIpc) is 3.05. The van der Waals surface area contributed by atoms with Crippen LogP contribution in [0.25, 0.3) is 11.5 Å². The van der Waals surface area contributed by atoms with Gasteiger partial charge in [-0.3, -0.25) is 9.78 Å². The summed E-state index contributed by atoms with van der Waals surface area (Å²) in [6.07, 6.45) is 6.35. The van der Waals surface area contributed by atoms with Crippen molar-refractivity contribution in [1.29, 1.82) is 0 Å². The molecule has 7 heteroatoms. The highest BCUT2D eigenvalue weighted by Gasteiger charge is 2.29. The third-order valence-corrected chi connectivity index (χ3v) is 3.77. The molecule has 2 aromatic heterocycles. The van der Waals surface area contributed by atoms with E-state index in [1.165, 1.54) is 12.4 Å². The topological polar surface area (TPSA) is 85.0 Å². The molecule has 0 fully saturated rings. The summed E-state index contributed by atoms with van der Waals surface area (Å²) >= 11 is 0. The van der Waals surface area contributed by atoms with Gasteiger partial charge in [-0.2, -0.15) is 4.98 Å². The van der Waals surface area contributed by atoms with E-state index in [1.807, 2.05) is 27.7 Å². The van der Waals surface area contributed by atoms with Crippen molar-refractivity contribution in [1.82, 2.24) is 25.0 Å². The second kappa shape index (κ2) is 7.11. The summed E-state index contributed by atoms with van der Waals surface area (Å²) in [6.45, 7) is 8.13. The molecule has 1 amide bonds. The van der Waals surface area contributed by atoms with Crippen molar-refractivity contribution in [3.63, 3.8) is 0 Å². The lowest BCUT2D eigenvalue weighted by Gasteiger charge is -2.32. The standard InChI is InChI=1S/C15H21N5O2/c1-5-10(3)20(11(4)6-2)15(21)14-18-13(19-22-14)12-9-16-7-8-17-12/h7-11H,5-6H2,1-4H3. The lowest BCUT2D eigenvalue weighted by Crippen LogP contribution is -2.44. The highest BCUT2D eigenvalue weighted by Crippen LogP contribution is 2.17. The molecule has 0 N–H and O–H groups in total. The van der Waals surface area contributed by atoms with Crippen LogP contribution in [0.3, 0.4) is 0 Å². The fourth-order valence-corrected chi connectivity index (χ4v) is 2.17. The molecule has 0 aromatic carbocycles. The molecule has 0 spiro atoms. The van der Waals surface area contributed by atoms with Gasteiger partial charge in [0.05, 0.1) is 6.20 Å². The quantitative estimate of drug-likeness (QED) is 0.815. The number of amides is 1. The number of carbonyl (C=O) groups is 1. The Morgan fingerprint density at radius 1 is 1.23 bits per heavy atom. The van der Waals surface area contributed by atoms with Gasteiger partial charge in [0.1, 0.15) is 5.69 Å². The van der Waals surface area contributed by atoms with Crippen molar-refractivity contribution < 1.29 is 9.32 Å². The fourth-order valence-electron chi connectivity index (χ4n) is 2.17. The number of nitrogens with zero attached hydrogens (tertiary/aromatic N) is 5. The maximum Gasteiger partial charge on any atom is 0.316 e. The Bertz CT molecular complexity index is 603. The summed E-state index contributed by atoms with van der Waals surface area (Å²) in [5, 5.41) is 3.82. The van der Waals surface area contributed by atoms with Crippen LogP contribution in [-0.4, -0.2) is 43.0 Å². The average molecular weight is 303 g/mol. The first-order valence-electron chi connectivity index (χ1n) is 7.51. The first-order valence-corrected chi connectivity index (χ1v) is 7.51. The number of hydrogen-bond acceptors (Lipinski definition) is 6. The summed E-state index contributed by atoms with van der Waals surface area (Å²) in [7, 11) is 0. The zero-order chi connectivity index (χ0) is 16.1. The molecular weight excluding hydrogens is 282 g/mol. The van der Waals surface area contributed by atoms with Gasteiger partial charge in [-0.05, 0) is 26.7 Å². The molecule has 2 rings (SSSR count). The number of rotatable bonds is 6. The van der Waals surface area contributed by atoms with Crippen LogP contribution in [0.1, 0.15) is 51.2 Å². The van der Waals surface area contributed by atoms with E-state index in [4.69, 9.17) is 4.52 Å². The largest absolute Gasteiger partial charge is 0.329 e. The van der Waals surface area contributed by atoms with Gasteiger partial charge < -0.3 is 9.42 Å². The van der Waals surface area contributed by atoms with Crippen molar-refractivity contribution in [3.8, 4) is 11.5 Å². The molecule has 7 nitrogen and oxygen atoms in total. The first kappa shape index (κ1) is 16.1. The Hall–Kier alpha value is -2.31. The molecule has 0 bridgehead atoms. The molecule has 2 aromatic rings. The first-order chi connectivity index (χ1) is 10.6. The van der Waals surface area contributed by atoms with E-state index >= 15 is 0 Å². The molecule has 2 atom stereocenters. The Balaban J connectivity index is 2.26. The van der Waals surface area contributed by atoms with Crippen molar-refractivity contribution in [2.24, 2.45) is 0 Å². The molecule has 22 heavy (non-hydrogen) atoms. The maximum absolute atomic E-state index is 12.7. The molecule has 2 heterocycles. The van der Waals surface area contributed by atoms with E-state index in [9.17, 15) is 4.79 Å². The molecule has 0 aliphatic heterocycles. The van der Waals surface area contributed by atoms with Crippen LogP contribution < -0.4 is 0 Å². The van der Waals surface area contributed by atoms with Crippen LogP contribution in [0.4, 0.5) is 0 Å². The van der Waals surface area contributed by atoms with Gasteiger partial charge in [0.2, 0.25) is 5.82 Å². The van der Waals surface area contributed by atoms with Crippen LogP contribution >= 0.6 is 0 Å². The van der Waals surface area contributed by atoms with Crippen molar-refractivity contribution in [3.05, 3.63) is 24.5 Å². The summed E-state index contributed by atoms with van der Waals surface area (Å²) in [5.74, 6) is 0.0114. The number of carbonyl (C=O) groups excluding carboxylic acids is 1. The molecule has 0 saturated carbocycles. The SMILES string of the molecule is CCC(C)N(C(=O)c1nc(-c2cnccn2)no1)C(C)CC. The van der Waals surface area contributed by atoms with Gasteiger partial charge in [0, 0.05) is 24.5 Å². The molecule has 2 unspecified atom stereocenters. The molecule has 0 aliphatic carbocycles. The van der Waals surface area contributed by atoms with Gasteiger partial charge >= 0.3 is 11.8 Å². The van der Waals surface area contributed by atoms with Gasteiger partial charge in [-0.25, -0.2) is 4.98 Å². The van der Waals surface area contributed by atoms with E-state index in [0.717, 1.165) is 12.8 Å². The van der Waals surface area contributed by atoms with E-state index in [0.29, 0.717) is 5.69 Å². The summed E-state index contributed by atoms with van der Waals surface area (Å²) in [6, 6.07) is 0.212. The summed E-state index contributed by atoms with van der Waals surface area (Å²) in [5.41, 5.74) is 0.476. The highest BCUT2D eigenvalue weighted by molar-refractivity contribution is 5.90. The summed E-state index contributed by atoms with van der Waals surface area (Å²) < 4.78 is 5.13. The van der Waals surface area contributed by atoms with Crippen molar-refractivity contribution in [2.75, 3.05) is 0 Å². The smallest absolute Gasteiger partial charge is 0.316 e. The van der Waals surface area contributed by atoms with Gasteiger partial charge in [0.15, 0.2) is 0 Å². The Labute approximate surface area is 129 Å². The minimum atomic E-state index is -0.244. The predicted octanol–water partition coefficient (Wildman–Crippen LogP) is 2.57. The van der Waals surface area contributed by atoms with Crippen molar-refractivity contribution >= 4 is 5.91 Å². The Kier molecular flexibility index (Phi) is 5.19. The van der Waals surface area contributed by atoms with Crippen LogP contribution in [0, 0.1) is 0 Å². The van der Waals surface area contributed by atoms with Crippen molar-refractivity contribution in [2.45, 2.75) is 52.6 Å². The monoisotopic (exact) mass is 303 g/mol. The molecule has 0 saturated heterocycles. The number of aromatic nitrogens is 4. The third-order valence-electron chi connectivity index (χ3n) is 3.77. The highest BCUT2D eigenvalue weighted by atomic mass is 16.5. The van der Waals surface area contributed by atoms with Gasteiger partial charge in [-0.15, -0.1) is 0 Å². The molecular formula is C15H21N5O2. The fraction of sp³-hybridized carbons (Fsp3) is 0.533. The zero-order valence-electron chi connectivity index (χ0n) is 13.4. The van der Waals surface area contributed by atoms with E-state index in [2.05, 4.69) is 20.1 Å². The van der Waals surface area contributed by atoms with Crippen LogP contribution in [0.15, 0.2) is 23.1 Å². The van der Waals surface area contributed by atoms with Crippen LogP contribution in [-0.2, 0) is 0 Å². The lowest BCUT2D eigenvalue weighted by molar-refractivity contribution is 0.0547. The van der Waals surface area contributed by atoms with Crippen LogP contribution in [0.5, 0.6) is 0 Å². The van der Waals surface area contributed by atoms with Gasteiger partial charge in [0.25, 0.3) is 0 Å². The molecule has 0 radical (unpaired) electrons. The maximum atomic E-state index is 12.7. The lowest BCUT2D eigenvalue weighted by atomic mass is 10.1. The Morgan fingerprint density at radius 3 is 2.45 bits per heavy atom. The zero-order valence-corrected chi connectivity index (χ0v) is 13.4. The number of hydrogen-bond donors (Lipinski definition) is 0. The van der Waals surface area contributed by atoms with E-state index in [1.54, 1.807) is 11.1 Å². The second-order valence-corrected chi connectivity index (χ2v) is 5.24. The normalized spacial score (nSPS) is 13.6. The van der Waals surface area contributed by atoms with E-state index < -0.39 is 0 Å². The van der Waals surface area contributed by atoms with Crippen LogP contribution in [0.2, 0.25) is 0 Å². The summed E-state index contributed by atoms with van der Waals surface area (Å²) in [4.78, 5) is 26.7.